The van der Waals surface area contributed by atoms with Crippen LogP contribution in [0.5, 0.6) is 0 Å². The summed E-state index contributed by atoms with van der Waals surface area (Å²) in [6.07, 6.45) is 0.990. The Kier molecular flexibility index (Phi) is 6.16. The summed E-state index contributed by atoms with van der Waals surface area (Å²) in [6, 6.07) is 0. The number of alkyl halides is 1. The Morgan fingerprint density at radius 3 is 1.75 bits per heavy atom. The van der Waals surface area contributed by atoms with Crippen molar-refractivity contribution in [3.8, 4) is 0 Å². The molecule has 0 radical (unpaired) electrons. The molecule has 16 heavy (non-hydrogen) atoms. The van der Waals surface area contributed by atoms with Crippen LogP contribution in [0.4, 0.5) is 0 Å². The molecule has 0 atom stereocenters. The van der Waals surface area contributed by atoms with Crippen molar-refractivity contribution in [2.45, 2.75) is 58.7 Å². The van der Waals surface area contributed by atoms with Crippen LogP contribution in [0.25, 0.3) is 0 Å². The van der Waals surface area contributed by atoms with Crippen LogP contribution >= 0.6 is 30.5 Å². The molecule has 0 saturated heterocycles. The third-order valence-corrected chi connectivity index (χ3v) is 7.13. The third-order valence-electron chi connectivity index (χ3n) is 2.71. The summed E-state index contributed by atoms with van der Waals surface area (Å²) in [5.74, 6) is 0. The number of hydrogen-bond donors (Lipinski definition) is 2. The molecule has 0 aliphatic carbocycles. The zero-order valence-electron chi connectivity index (χ0n) is 11.3. The molecule has 0 heterocycles. The zero-order valence-corrected chi connectivity index (χ0v) is 14.5. The Balaban J connectivity index is 5.03. The second-order valence-corrected chi connectivity index (χ2v) is 10.6. The molecule has 100 valence electrons. The molecule has 5 heteroatoms. The molecule has 0 unspecified atom stereocenters. The Morgan fingerprint density at radius 2 is 1.50 bits per heavy atom. The van der Waals surface area contributed by atoms with E-state index in [9.17, 15) is 9.79 Å². The van der Waals surface area contributed by atoms with Gasteiger partial charge in [0.05, 0.1) is 0 Å². The van der Waals surface area contributed by atoms with E-state index < -0.39 is 13.0 Å². The number of hydrogen-bond acceptors (Lipinski definition) is 3. The Morgan fingerprint density at radius 1 is 1.06 bits per heavy atom. The molecule has 0 aliphatic rings. The first-order valence-electron chi connectivity index (χ1n) is 5.73. The van der Waals surface area contributed by atoms with Crippen molar-refractivity contribution < 1.29 is 9.79 Å². The normalized spacial score (nSPS) is 15.6. The molecule has 0 bridgehead atoms. The summed E-state index contributed by atoms with van der Waals surface area (Å²) in [5.41, 5.74) is -0.200. The van der Waals surface area contributed by atoms with E-state index in [1.807, 2.05) is 46.2 Å². The molecule has 2 N–H and O–H groups in total. The van der Waals surface area contributed by atoms with Gasteiger partial charge >= 0.3 is 115 Å². The summed E-state index contributed by atoms with van der Waals surface area (Å²) < 4.78 is 2.96. The van der Waals surface area contributed by atoms with Crippen molar-refractivity contribution >= 4 is 30.5 Å². The monoisotopic (exact) mass is 363 g/mol. The van der Waals surface area contributed by atoms with Crippen LogP contribution in [0.3, 0.4) is 0 Å². The SMILES string of the molecule is CC(C)(C)N(CCCI)[PH](O)(O)C(C)(C)C. The van der Waals surface area contributed by atoms with Gasteiger partial charge in [-0.1, -0.05) is 0 Å². The van der Waals surface area contributed by atoms with E-state index in [0.717, 1.165) is 17.4 Å². The van der Waals surface area contributed by atoms with Crippen LogP contribution < -0.4 is 0 Å². The summed E-state index contributed by atoms with van der Waals surface area (Å²) in [6.45, 7) is 12.6. The standard InChI is InChI=1S/C11H27INO2P/c1-10(2,3)13(9-7-8-12)16(14,15)11(4,5)6/h14-16H,7-9H2,1-6H3. The van der Waals surface area contributed by atoms with Crippen molar-refractivity contribution in [3.63, 3.8) is 0 Å². The molecule has 3 nitrogen and oxygen atoms in total. The van der Waals surface area contributed by atoms with Gasteiger partial charge in [-0.3, -0.25) is 0 Å². The van der Waals surface area contributed by atoms with Crippen molar-refractivity contribution in [3.05, 3.63) is 0 Å². The van der Waals surface area contributed by atoms with E-state index in [-0.39, 0.29) is 5.54 Å². The fourth-order valence-electron chi connectivity index (χ4n) is 1.58. The van der Waals surface area contributed by atoms with Crippen LogP contribution in [0.1, 0.15) is 48.0 Å². The molecule has 0 saturated carbocycles. The van der Waals surface area contributed by atoms with Gasteiger partial charge in [0, 0.05) is 0 Å². The van der Waals surface area contributed by atoms with Gasteiger partial charge in [0.1, 0.15) is 0 Å². The van der Waals surface area contributed by atoms with Gasteiger partial charge in [-0.25, -0.2) is 0 Å². The molecular formula is C11H27INO2P. The minimum absolute atomic E-state index is 0.200. The van der Waals surface area contributed by atoms with E-state index in [0.29, 0.717) is 0 Å². The molecule has 0 aliphatic heterocycles. The summed E-state index contributed by atoms with van der Waals surface area (Å²) >= 11 is 2.32. The predicted molar refractivity (Wildman–Crippen MR) is 82.5 cm³/mol. The Hall–Kier alpha value is 1.04. The van der Waals surface area contributed by atoms with E-state index >= 15 is 0 Å². The van der Waals surface area contributed by atoms with Gasteiger partial charge in [-0.2, -0.15) is 0 Å². The van der Waals surface area contributed by atoms with Crippen molar-refractivity contribution in [2.24, 2.45) is 0 Å². The molecule has 0 fully saturated rings. The van der Waals surface area contributed by atoms with Crippen LogP contribution in [-0.4, -0.2) is 36.1 Å². The van der Waals surface area contributed by atoms with Crippen LogP contribution in [0, 0.1) is 0 Å². The Labute approximate surface area is 114 Å². The Bertz CT molecular complexity index is 221. The van der Waals surface area contributed by atoms with Crippen LogP contribution in [0.2, 0.25) is 0 Å². The summed E-state index contributed by atoms with van der Waals surface area (Å²) in [5, 5.41) is -0.453. The van der Waals surface area contributed by atoms with E-state index in [1.165, 1.54) is 0 Å². The molecule has 0 aromatic heterocycles. The number of rotatable bonds is 4. The van der Waals surface area contributed by atoms with Gasteiger partial charge < -0.3 is 0 Å². The van der Waals surface area contributed by atoms with E-state index in [1.54, 1.807) is 0 Å². The summed E-state index contributed by atoms with van der Waals surface area (Å²) in [7, 11) is -3.38. The predicted octanol–water partition coefficient (Wildman–Crippen LogP) is 3.19. The van der Waals surface area contributed by atoms with Gasteiger partial charge in [0.2, 0.25) is 0 Å². The molecule has 0 spiro atoms. The van der Waals surface area contributed by atoms with Gasteiger partial charge in [0.15, 0.2) is 0 Å². The minimum atomic E-state index is -3.38. The molecule has 0 amide bonds. The first-order chi connectivity index (χ1) is 6.94. The van der Waals surface area contributed by atoms with Crippen LogP contribution in [0.15, 0.2) is 0 Å². The first-order valence-corrected chi connectivity index (χ1v) is 9.10. The van der Waals surface area contributed by atoms with Gasteiger partial charge in [-0.05, 0) is 0 Å². The quantitative estimate of drug-likeness (QED) is 0.458. The fraction of sp³-hybridized carbons (Fsp3) is 1.00. The number of halogens is 1. The summed E-state index contributed by atoms with van der Waals surface area (Å²) in [4.78, 5) is 21.0. The van der Waals surface area contributed by atoms with Gasteiger partial charge in [0.25, 0.3) is 0 Å². The second kappa shape index (κ2) is 5.79. The fourth-order valence-corrected chi connectivity index (χ4v) is 4.14. The van der Waals surface area contributed by atoms with E-state index in [4.69, 9.17) is 0 Å². The number of nitrogens with zero attached hydrogens (tertiary/aromatic N) is 1. The topological polar surface area (TPSA) is 43.7 Å². The zero-order chi connectivity index (χ0) is 13.2. The maximum absolute atomic E-state index is 10.5. The van der Waals surface area contributed by atoms with Crippen LogP contribution in [-0.2, 0) is 0 Å². The van der Waals surface area contributed by atoms with E-state index in [2.05, 4.69) is 22.6 Å². The van der Waals surface area contributed by atoms with Crippen molar-refractivity contribution in [1.82, 2.24) is 4.67 Å². The molecule has 0 rings (SSSR count). The van der Waals surface area contributed by atoms with Crippen molar-refractivity contribution in [2.75, 3.05) is 11.0 Å². The molecule has 0 aromatic rings. The maximum atomic E-state index is 10.5. The van der Waals surface area contributed by atoms with Gasteiger partial charge in [-0.15, -0.1) is 0 Å². The first kappa shape index (κ1) is 17.0. The molecule has 0 aromatic carbocycles. The average Bonchev–Trinajstić information content (AvgIpc) is 1.99. The average molecular weight is 363 g/mol. The van der Waals surface area contributed by atoms with Crippen molar-refractivity contribution in [1.29, 1.82) is 0 Å². The third kappa shape index (κ3) is 4.37. The second-order valence-electron chi connectivity index (χ2n) is 6.25. The molecular weight excluding hydrogens is 336 g/mol.